The fraction of sp³-hybridized carbons (Fsp3) is 0.750. The summed E-state index contributed by atoms with van der Waals surface area (Å²) in [6.45, 7) is 6.02. The molecule has 0 aromatic heterocycles. The Morgan fingerprint density at radius 2 is 2.21 bits per heavy atom. The highest BCUT2D eigenvalue weighted by Gasteiger charge is 2.33. The summed E-state index contributed by atoms with van der Waals surface area (Å²) in [6, 6.07) is -2.02. The van der Waals surface area contributed by atoms with E-state index in [2.05, 4.69) is 10.6 Å². The molecule has 7 heteroatoms. The molecule has 108 valence electrons. The average Bonchev–Trinajstić information content (AvgIpc) is 2.37. The van der Waals surface area contributed by atoms with Crippen LogP contribution in [0.25, 0.3) is 0 Å². The van der Waals surface area contributed by atoms with Crippen molar-refractivity contribution in [2.45, 2.75) is 39.3 Å². The molecule has 1 heterocycles. The molecule has 0 saturated carbocycles. The standard InChI is InChI=1S/C12H21N3O4/c1-4-7(2)9(11(17)18)14-12(19)15-6-5-13-10(16)8(15)3/h7-9H,4-6H2,1-3H3,(H,13,16)(H,14,19)(H,17,18)/t7-,8?,9-/m0/s1. The molecule has 0 aliphatic carbocycles. The molecular weight excluding hydrogens is 250 g/mol. The van der Waals surface area contributed by atoms with Gasteiger partial charge in [0.1, 0.15) is 12.1 Å². The van der Waals surface area contributed by atoms with Gasteiger partial charge < -0.3 is 20.6 Å². The van der Waals surface area contributed by atoms with Crippen molar-refractivity contribution in [3.63, 3.8) is 0 Å². The molecule has 0 aromatic rings. The Morgan fingerprint density at radius 3 is 2.74 bits per heavy atom. The van der Waals surface area contributed by atoms with E-state index in [4.69, 9.17) is 5.11 Å². The Labute approximate surface area is 112 Å². The molecule has 1 aliphatic heterocycles. The molecule has 3 atom stereocenters. The number of amides is 3. The number of aliphatic carboxylic acids is 1. The van der Waals surface area contributed by atoms with Crippen molar-refractivity contribution >= 4 is 17.9 Å². The largest absolute Gasteiger partial charge is 0.480 e. The zero-order valence-electron chi connectivity index (χ0n) is 11.5. The van der Waals surface area contributed by atoms with Gasteiger partial charge in [-0.25, -0.2) is 9.59 Å². The van der Waals surface area contributed by atoms with Crippen molar-refractivity contribution in [2.24, 2.45) is 5.92 Å². The summed E-state index contributed by atoms with van der Waals surface area (Å²) in [5.41, 5.74) is 0. The number of carbonyl (C=O) groups is 3. The molecular formula is C12H21N3O4. The van der Waals surface area contributed by atoms with E-state index in [0.717, 1.165) is 0 Å². The minimum atomic E-state index is -1.06. The number of nitrogens with zero attached hydrogens (tertiary/aromatic N) is 1. The molecule has 0 bridgehead atoms. The third-order valence-corrected chi connectivity index (χ3v) is 3.52. The Balaban J connectivity index is 2.71. The van der Waals surface area contributed by atoms with Gasteiger partial charge in [0.15, 0.2) is 0 Å². The number of carboxylic acids is 1. The maximum Gasteiger partial charge on any atom is 0.326 e. The number of rotatable bonds is 4. The molecule has 1 aliphatic rings. The second kappa shape index (κ2) is 6.40. The van der Waals surface area contributed by atoms with Gasteiger partial charge in [-0.2, -0.15) is 0 Å². The first-order valence-electron chi connectivity index (χ1n) is 6.46. The molecule has 0 aromatic carbocycles. The zero-order chi connectivity index (χ0) is 14.6. The molecule has 1 fully saturated rings. The average molecular weight is 271 g/mol. The maximum absolute atomic E-state index is 12.1. The van der Waals surface area contributed by atoms with E-state index < -0.39 is 24.1 Å². The van der Waals surface area contributed by atoms with E-state index in [-0.39, 0.29) is 11.8 Å². The van der Waals surface area contributed by atoms with Crippen LogP contribution in [0.1, 0.15) is 27.2 Å². The SMILES string of the molecule is CC[C@H](C)[C@H](NC(=O)N1CCNC(=O)C1C)C(=O)O. The van der Waals surface area contributed by atoms with Gasteiger partial charge in [0.2, 0.25) is 5.91 Å². The summed E-state index contributed by atoms with van der Waals surface area (Å²) in [6.07, 6.45) is 0.646. The first-order chi connectivity index (χ1) is 8.88. The number of urea groups is 1. The normalized spacial score (nSPS) is 22.4. The number of hydrogen-bond donors (Lipinski definition) is 3. The number of nitrogens with one attached hydrogen (secondary N) is 2. The smallest absolute Gasteiger partial charge is 0.326 e. The Kier molecular flexibility index (Phi) is 5.14. The van der Waals surface area contributed by atoms with Crippen molar-refractivity contribution < 1.29 is 19.5 Å². The Morgan fingerprint density at radius 1 is 1.58 bits per heavy atom. The summed E-state index contributed by atoms with van der Waals surface area (Å²) >= 11 is 0. The molecule has 3 amide bonds. The topological polar surface area (TPSA) is 98.7 Å². The maximum atomic E-state index is 12.1. The summed E-state index contributed by atoms with van der Waals surface area (Å²) in [5, 5.41) is 14.3. The number of carbonyl (C=O) groups excluding carboxylic acids is 2. The first-order valence-corrected chi connectivity index (χ1v) is 6.46. The van der Waals surface area contributed by atoms with Gasteiger partial charge in [-0.1, -0.05) is 20.3 Å². The van der Waals surface area contributed by atoms with Crippen LogP contribution >= 0.6 is 0 Å². The number of carboxylic acid groups (broad SMARTS) is 1. The van der Waals surface area contributed by atoms with Gasteiger partial charge in [0.05, 0.1) is 0 Å². The third kappa shape index (κ3) is 3.59. The second-order valence-corrected chi connectivity index (χ2v) is 4.81. The van der Waals surface area contributed by atoms with Crippen LogP contribution in [0.4, 0.5) is 4.79 Å². The van der Waals surface area contributed by atoms with Crippen molar-refractivity contribution in [3.8, 4) is 0 Å². The van der Waals surface area contributed by atoms with Crippen LogP contribution in [-0.4, -0.2) is 53.1 Å². The third-order valence-electron chi connectivity index (χ3n) is 3.52. The lowest BCUT2D eigenvalue weighted by atomic mass is 9.99. The van der Waals surface area contributed by atoms with Gasteiger partial charge in [0, 0.05) is 13.1 Å². The highest BCUT2D eigenvalue weighted by Crippen LogP contribution is 2.10. The van der Waals surface area contributed by atoms with E-state index in [1.54, 1.807) is 13.8 Å². The van der Waals surface area contributed by atoms with Gasteiger partial charge in [-0.3, -0.25) is 4.79 Å². The fourth-order valence-electron chi connectivity index (χ4n) is 1.96. The number of hydrogen-bond acceptors (Lipinski definition) is 3. The quantitative estimate of drug-likeness (QED) is 0.671. The summed E-state index contributed by atoms with van der Waals surface area (Å²) in [4.78, 5) is 36.0. The van der Waals surface area contributed by atoms with E-state index in [0.29, 0.717) is 19.5 Å². The summed E-state index contributed by atoms with van der Waals surface area (Å²) in [7, 11) is 0. The number of piperazine rings is 1. The van der Waals surface area contributed by atoms with Crippen LogP contribution in [0.15, 0.2) is 0 Å². The molecule has 3 N–H and O–H groups in total. The second-order valence-electron chi connectivity index (χ2n) is 4.81. The molecule has 19 heavy (non-hydrogen) atoms. The van der Waals surface area contributed by atoms with E-state index >= 15 is 0 Å². The van der Waals surface area contributed by atoms with Crippen molar-refractivity contribution in [1.29, 1.82) is 0 Å². The molecule has 0 spiro atoms. The minimum absolute atomic E-state index is 0.171. The molecule has 1 unspecified atom stereocenters. The van der Waals surface area contributed by atoms with Crippen LogP contribution < -0.4 is 10.6 Å². The van der Waals surface area contributed by atoms with Gasteiger partial charge in [-0.05, 0) is 12.8 Å². The van der Waals surface area contributed by atoms with Crippen molar-refractivity contribution in [2.75, 3.05) is 13.1 Å². The predicted molar refractivity (Wildman–Crippen MR) is 68.6 cm³/mol. The lowest BCUT2D eigenvalue weighted by molar-refractivity contribution is -0.140. The van der Waals surface area contributed by atoms with Gasteiger partial charge in [0.25, 0.3) is 0 Å². The van der Waals surface area contributed by atoms with Gasteiger partial charge >= 0.3 is 12.0 Å². The van der Waals surface area contributed by atoms with Crippen LogP contribution in [0.2, 0.25) is 0 Å². The van der Waals surface area contributed by atoms with E-state index in [1.807, 2.05) is 6.92 Å². The minimum Gasteiger partial charge on any atom is -0.480 e. The summed E-state index contributed by atoms with van der Waals surface area (Å²) in [5.74, 6) is -1.45. The molecule has 1 rings (SSSR count). The predicted octanol–water partition coefficient (Wildman–Crippen LogP) is 0.0156. The Bertz CT molecular complexity index is 372. The first kappa shape index (κ1) is 15.3. The molecule has 0 radical (unpaired) electrons. The molecule has 7 nitrogen and oxygen atoms in total. The summed E-state index contributed by atoms with van der Waals surface area (Å²) < 4.78 is 0. The van der Waals surface area contributed by atoms with E-state index in [9.17, 15) is 14.4 Å². The van der Waals surface area contributed by atoms with Crippen molar-refractivity contribution in [1.82, 2.24) is 15.5 Å². The van der Waals surface area contributed by atoms with Crippen LogP contribution in [0.3, 0.4) is 0 Å². The van der Waals surface area contributed by atoms with Crippen LogP contribution in [-0.2, 0) is 9.59 Å². The lowest BCUT2D eigenvalue weighted by Gasteiger charge is -2.34. The Hall–Kier alpha value is -1.79. The highest BCUT2D eigenvalue weighted by molar-refractivity contribution is 5.89. The van der Waals surface area contributed by atoms with E-state index in [1.165, 1.54) is 4.90 Å². The van der Waals surface area contributed by atoms with Crippen LogP contribution in [0, 0.1) is 5.92 Å². The molecule has 1 saturated heterocycles. The van der Waals surface area contributed by atoms with Crippen molar-refractivity contribution in [3.05, 3.63) is 0 Å². The highest BCUT2D eigenvalue weighted by atomic mass is 16.4. The van der Waals surface area contributed by atoms with Gasteiger partial charge in [-0.15, -0.1) is 0 Å². The van der Waals surface area contributed by atoms with Crippen LogP contribution in [0.5, 0.6) is 0 Å². The monoisotopic (exact) mass is 271 g/mol. The fourth-order valence-corrected chi connectivity index (χ4v) is 1.96. The zero-order valence-corrected chi connectivity index (χ0v) is 11.5. The lowest BCUT2D eigenvalue weighted by Crippen LogP contribution is -2.60.